The number of rotatable bonds is 11. The highest BCUT2D eigenvalue weighted by atomic mass is 16.5. The van der Waals surface area contributed by atoms with E-state index in [2.05, 4.69) is 11.4 Å². The van der Waals surface area contributed by atoms with Crippen molar-refractivity contribution in [2.24, 2.45) is 0 Å². The van der Waals surface area contributed by atoms with E-state index >= 15 is 0 Å². The highest BCUT2D eigenvalue weighted by Gasteiger charge is 2.16. The quantitative estimate of drug-likeness (QED) is 0.408. The Labute approximate surface area is 199 Å². The maximum Gasteiger partial charge on any atom is 0.227 e. The maximum absolute atomic E-state index is 12.7. The van der Waals surface area contributed by atoms with Gasteiger partial charge < -0.3 is 19.7 Å². The molecule has 0 heterocycles. The van der Waals surface area contributed by atoms with Crippen LogP contribution in [0, 0.1) is 11.3 Å². The first-order valence-corrected chi connectivity index (χ1v) is 11.1. The van der Waals surface area contributed by atoms with Crippen molar-refractivity contribution in [3.8, 4) is 23.3 Å². The molecule has 0 aliphatic rings. The first-order chi connectivity index (χ1) is 16.6. The number of amides is 2. The average molecular weight is 458 g/mol. The number of nitrogens with zero attached hydrogens (tertiary/aromatic N) is 2. The Hall–Kier alpha value is -4.31. The van der Waals surface area contributed by atoms with E-state index in [1.807, 2.05) is 61.5 Å². The lowest BCUT2D eigenvalue weighted by atomic mass is 10.2. The topological polar surface area (TPSA) is 91.7 Å². The van der Waals surface area contributed by atoms with E-state index in [-0.39, 0.29) is 37.6 Å². The van der Waals surface area contributed by atoms with Crippen molar-refractivity contribution in [2.75, 3.05) is 23.4 Å². The summed E-state index contributed by atoms with van der Waals surface area (Å²) in [7, 11) is 0. The molecule has 0 saturated carbocycles. The van der Waals surface area contributed by atoms with E-state index in [0.717, 1.165) is 5.75 Å². The summed E-state index contributed by atoms with van der Waals surface area (Å²) in [6.07, 6.45) is 0.308. The van der Waals surface area contributed by atoms with Gasteiger partial charge in [-0.1, -0.05) is 18.2 Å². The van der Waals surface area contributed by atoms with Gasteiger partial charge in [0.1, 0.15) is 17.2 Å². The predicted molar refractivity (Wildman–Crippen MR) is 131 cm³/mol. The number of para-hydroxylation sites is 1. The second kappa shape index (κ2) is 12.7. The van der Waals surface area contributed by atoms with Gasteiger partial charge in [-0.05, 0) is 67.6 Å². The Morgan fingerprint density at radius 2 is 1.50 bits per heavy atom. The molecule has 0 saturated heterocycles. The molecule has 0 aliphatic heterocycles. The molecule has 0 bridgehead atoms. The summed E-state index contributed by atoms with van der Waals surface area (Å²) in [5.41, 5.74) is 1.33. The second-order valence-electron chi connectivity index (χ2n) is 7.37. The Bertz CT molecular complexity index is 1110. The van der Waals surface area contributed by atoms with Crippen LogP contribution in [0.5, 0.6) is 17.2 Å². The minimum absolute atomic E-state index is 0.0408. The van der Waals surface area contributed by atoms with Gasteiger partial charge in [-0.3, -0.25) is 9.59 Å². The lowest BCUT2D eigenvalue weighted by Gasteiger charge is -2.21. The molecular weight excluding hydrogens is 430 g/mol. The predicted octanol–water partition coefficient (Wildman–Crippen LogP) is 5.54. The summed E-state index contributed by atoms with van der Waals surface area (Å²) < 4.78 is 11.2. The lowest BCUT2D eigenvalue weighted by Crippen LogP contribution is -2.32. The minimum atomic E-state index is -0.262. The minimum Gasteiger partial charge on any atom is -0.494 e. The van der Waals surface area contributed by atoms with Gasteiger partial charge >= 0.3 is 0 Å². The largest absolute Gasteiger partial charge is 0.494 e. The van der Waals surface area contributed by atoms with Crippen LogP contribution in [-0.4, -0.2) is 25.0 Å². The Morgan fingerprint density at radius 3 is 2.12 bits per heavy atom. The van der Waals surface area contributed by atoms with Crippen LogP contribution in [0.3, 0.4) is 0 Å². The third-order valence-corrected chi connectivity index (χ3v) is 4.89. The summed E-state index contributed by atoms with van der Waals surface area (Å²) in [5, 5.41) is 11.7. The number of carbonyl (C=O) groups excluding carboxylic acids is 2. The zero-order chi connectivity index (χ0) is 24.2. The number of carbonyl (C=O) groups is 2. The molecular formula is C27H27N3O4. The van der Waals surface area contributed by atoms with Gasteiger partial charge in [-0.15, -0.1) is 0 Å². The number of hydrogen-bond donors (Lipinski definition) is 1. The summed E-state index contributed by atoms with van der Waals surface area (Å²) >= 11 is 0. The highest BCUT2D eigenvalue weighted by Crippen LogP contribution is 2.25. The van der Waals surface area contributed by atoms with Gasteiger partial charge in [0.15, 0.2) is 0 Å². The number of ether oxygens (including phenoxy) is 2. The van der Waals surface area contributed by atoms with Crippen LogP contribution < -0.4 is 19.7 Å². The molecule has 0 unspecified atom stereocenters. The molecule has 2 amide bonds. The molecule has 0 aromatic heterocycles. The molecule has 3 rings (SSSR count). The standard InChI is InChI=1S/C27H27N3O4/c1-2-33-23-13-15-25(16-14-23)34-24-11-9-21(10-12-24)29-26(31)17-18-27(32)30(20-6-19-28)22-7-4-3-5-8-22/h3-5,7-16H,2,6,17-18,20H2,1H3,(H,29,31). The Balaban J connectivity index is 1.50. The molecule has 0 fully saturated rings. The lowest BCUT2D eigenvalue weighted by molar-refractivity contribution is -0.122. The van der Waals surface area contributed by atoms with Gasteiger partial charge in [0.05, 0.1) is 19.1 Å². The van der Waals surface area contributed by atoms with E-state index in [0.29, 0.717) is 29.5 Å². The van der Waals surface area contributed by atoms with Crippen LogP contribution in [0.2, 0.25) is 0 Å². The van der Waals surface area contributed by atoms with Crippen LogP contribution in [0.15, 0.2) is 78.9 Å². The molecule has 174 valence electrons. The Kier molecular flexibility index (Phi) is 9.06. The zero-order valence-electron chi connectivity index (χ0n) is 19.1. The third-order valence-electron chi connectivity index (χ3n) is 4.89. The van der Waals surface area contributed by atoms with Crippen molar-refractivity contribution < 1.29 is 19.1 Å². The Morgan fingerprint density at radius 1 is 0.882 bits per heavy atom. The summed E-state index contributed by atoms with van der Waals surface area (Å²) in [4.78, 5) is 26.6. The van der Waals surface area contributed by atoms with Gasteiger partial charge in [-0.2, -0.15) is 5.26 Å². The van der Waals surface area contributed by atoms with Crippen LogP contribution in [-0.2, 0) is 9.59 Å². The van der Waals surface area contributed by atoms with E-state index in [9.17, 15) is 9.59 Å². The monoisotopic (exact) mass is 457 g/mol. The molecule has 3 aromatic carbocycles. The van der Waals surface area contributed by atoms with Gasteiger partial charge in [0, 0.05) is 30.8 Å². The van der Waals surface area contributed by atoms with Crippen molar-refractivity contribution in [1.82, 2.24) is 0 Å². The van der Waals surface area contributed by atoms with Crippen LogP contribution in [0.25, 0.3) is 0 Å². The number of nitriles is 1. The smallest absolute Gasteiger partial charge is 0.227 e. The molecule has 0 spiro atoms. The summed E-state index contributed by atoms with van der Waals surface area (Å²) in [6.45, 7) is 2.82. The molecule has 3 aromatic rings. The molecule has 0 radical (unpaired) electrons. The van der Waals surface area contributed by atoms with Crippen LogP contribution >= 0.6 is 0 Å². The number of benzene rings is 3. The van der Waals surface area contributed by atoms with E-state index in [1.165, 1.54) is 0 Å². The van der Waals surface area contributed by atoms with Crippen LogP contribution in [0.4, 0.5) is 11.4 Å². The second-order valence-corrected chi connectivity index (χ2v) is 7.37. The number of nitrogens with one attached hydrogen (secondary N) is 1. The van der Waals surface area contributed by atoms with E-state index in [4.69, 9.17) is 14.7 Å². The van der Waals surface area contributed by atoms with Crippen molar-refractivity contribution in [3.63, 3.8) is 0 Å². The molecule has 0 aliphatic carbocycles. The fourth-order valence-corrected chi connectivity index (χ4v) is 3.26. The van der Waals surface area contributed by atoms with Crippen molar-refractivity contribution in [2.45, 2.75) is 26.2 Å². The first-order valence-electron chi connectivity index (χ1n) is 11.1. The number of anilines is 2. The zero-order valence-corrected chi connectivity index (χ0v) is 19.1. The molecule has 0 atom stereocenters. The van der Waals surface area contributed by atoms with Gasteiger partial charge in [-0.25, -0.2) is 0 Å². The molecule has 7 nitrogen and oxygen atoms in total. The number of hydrogen-bond acceptors (Lipinski definition) is 5. The van der Waals surface area contributed by atoms with Crippen LogP contribution in [0.1, 0.15) is 26.2 Å². The average Bonchev–Trinajstić information content (AvgIpc) is 2.86. The fraction of sp³-hybridized carbons (Fsp3) is 0.222. The maximum atomic E-state index is 12.7. The van der Waals surface area contributed by atoms with E-state index < -0.39 is 0 Å². The summed E-state index contributed by atoms with van der Waals surface area (Å²) in [5.74, 6) is 1.63. The van der Waals surface area contributed by atoms with Crippen molar-refractivity contribution >= 4 is 23.2 Å². The van der Waals surface area contributed by atoms with Crippen molar-refractivity contribution in [1.29, 1.82) is 5.26 Å². The normalized spacial score (nSPS) is 10.1. The fourth-order valence-electron chi connectivity index (χ4n) is 3.26. The first kappa shape index (κ1) is 24.3. The summed E-state index contributed by atoms with van der Waals surface area (Å²) in [6, 6.07) is 25.5. The van der Waals surface area contributed by atoms with Gasteiger partial charge in [0.2, 0.25) is 11.8 Å². The SMILES string of the molecule is CCOc1ccc(Oc2ccc(NC(=O)CCC(=O)N(CCC#N)c3ccccc3)cc2)cc1. The van der Waals surface area contributed by atoms with E-state index in [1.54, 1.807) is 29.2 Å². The molecule has 34 heavy (non-hydrogen) atoms. The highest BCUT2D eigenvalue weighted by molar-refractivity contribution is 5.98. The molecule has 7 heteroatoms. The molecule has 1 N–H and O–H groups in total. The van der Waals surface area contributed by atoms with Gasteiger partial charge in [0.25, 0.3) is 0 Å². The third kappa shape index (κ3) is 7.38. The van der Waals surface area contributed by atoms with Crippen molar-refractivity contribution in [3.05, 3.63) is 78.9 Å².